The van der Waals surface area contributed by atoms with Crippen LogP contribution >= 0.6 is 0 Å². The molecule has 1 saturated heterocycles. The van der Waals surface area contributed by atoms with Gasteiger partial charge >= 0.3 is 0 Å². The lowest BCUT2D eigenvalue weighted by Gasteiger charge is -2.22. The average Bonchev–Trinajstić information content (AvgIpc) is 2.72. The molecule has 0 atom stereocenters. The molecule has 0 saturated carbocycles. The van der Waals surface area contributed by atoms with Crippen LogP contribution in [0.1, 0.15) is 22.3 Å². The Balaban J connectivity index is 1.76. The summed E-state index contributed by atoms with van der Waals surface area (Å²) < 4.78 is 0. The van der Waals surface area contributed by atoms with Gasteiger partial charge in [-0.1, -0.05) is 18.2 Å². The summed E-state index contributed by atoms with van der Waals surface area (Å²) in [4.78, 5) is 15.0. The average molecular weight is 293 g/mol. The summed E-state index contributed by atoms with van der Waals surface area (Å²) in [5.41, 5.74) is 11.1. The van der Waals surface area contributed by atoms with Crippen LogP contribution in [0.25, 0.3) is 11.1 Å². The number of carbonyl (C=O) groups is 1. The molecule has 1 fully saturated rings. The van der Waals surface area contributed by atoms with Gasteiger partial charge in [0.2, 0.25) is 0 Å². The van der Waals surface area contributed by atoms with Gasteiger partial charge in [-0.25, -0.2) is 0 Å². The van der Waals surface area contributed by atoms with Crippen LogP contribution in [-0.4, -0.2) is 32.0 Å². The van der Waals surface area contributed by atoms with Crippen molar-refractivity contribution in [3.8, 4) is 11.1 Å². The molecular weight excluding hydrogens is 274 g/mol. The number of fused-ring (bicyclic) bond motifs is 3. The van der Waals surface area contributed by atoms with Crippen LogP contribution in [0.3, 0.4) is 0 Å². The summed E-state index contributed by atoms with van der Waals surface area (Å²) >= 11 is 0. The maximum atomic E-state index is 12.7. The van der Waals surface area contributed by atoms with Crippen molar-refractivity contribution in [3.63, 3.8) is 0 Å². The normalized spacial score (nSPS) is 17.1. The van der Waals surface area contributed by atoms with Crippen molar-refractivity contribution in [2.75, 3.05) is 36.8 Å². The molecule has 1 aliphatic heterocycles. The van der Waals surface area contributed by atoms with Gasteiger partial charge in [0, 0.05) is 36.6 Å². The number of nitrogens with zero attached hydrogens (tertiary/aromatic N) is 1. The van der Waals surface area contributed by atoms with Crippen LogP contribution in [0.2, 0.25) is 0 Å². The minimum atomic E-state index is 0.0536. The number of rotatable bonds is 1. The van der Waals surface area contributed by atoms with Crippen LogP contribution in [0.4, 0.5) is 11.4 Å². The standard InChI is InChI=1S/C18H19N3O/c19-16-4-1-3-14-13-6-5-12(11-15(13)18(22)17(14)16)21-9-2-7-20-8-10-21/h1,3-6,11,20H,2,7-10,19H2. The predicted octanol–water partition coefficient (Wildman–Crippen LogP) is 2.28. The number of anilines is 2. The molecule has 2 aromatic rings. The fraction of sp³-hybridized carbons (Fsp3) is 0.278. The van der Waals surface area contributed by atoms with Crippen LogP contribution in [-0.2, 0) is 0 Å². The zero-order valence-corrected chi connectivity index (χ0v) is 12.4. The van der Waals surface area contributed by atoms with Gasteiger partial charge in [-0.05, 0) is 42.3 Å². The first-order chi connectivity index (χ1) is 10.8. The van der Waals surface area contributed by atoms with Crippen LogP contribution in [0.5, 0.6) is 0 Å². The van der Waals surface area contributed by atoms with Crippen LogP contribution < -0.4 is 16.0 Å². The molecule has 0 aromatic heterocycles. The molecule has 0 unspecified atom stereocenters. The van der Waals surface area contributed by atoms with Crippen molar-refractivity contribution in [1.82, 2.24) is 5.32 Å². The molecule has 4 heteroatoms. The van der Waals surface area contributed by atoms with Gasteiger partial charge in [-0.3, -0.25) is 4.79 Å². The SMILES string of the molecule is Nc1cccc2c1C(=O)c1cc(N3CCCNCC3)ccc1-2. The lowest BCUT2D eigenvalue weighted by Crippen LogP contribution is -2.27. The van der Waals surface area contributed by atoms with E-state index in [1.807, 2.05) is 18.2 Å². The highest BCUT2D eigenvalue weighted by atomic mass is 16.1. The van der Waals surface area contributed by atoms with Crippen molar-refractivity contribution in [3.05, 3.63) is 47.5 Å². The highest BCUT2D eigenvalue weighted by molar-refractivity contribution is 6.24. The third-order valence-electron chi connectivity index (χ3n) is 4.57. The zero-order valence-electron chi connectivity index (χ0n) is 12.4. The minimum absolute atomic E-state index is 0.0536. The number of hydrogen-bond acceptors (Lipinski definition) is 4. The molecule has 0 amide bonds. The summed E-state index contributed by atoms with van der Waals surface area (Å²) in [5, 5.41) is 3.40. The molecule has 2 aliphatic rings. The van der Waals surface area contributed by atoms with E-state index in [2.05, 4.69) is 22.3 Å². The highest BCUT2D eigenvalue weighted by Crippen LogP contribution is 2.40. The Labute approximate surface area is 129 Å². The number of ketones is 1. The molecule has 4 rings (SSSR count). The smallest absolute Gasteiger partial charge is 0.196 e. The first-order valence-corrected chi connectivity index (χ1v) is 7.79. The van der Waals surface area contributed by atoms with E-state index >= 15 is 0 Å². The van der Waals surface area contributed by atoms with Crippen LogP contribution in [0.15, 0.2) is 36.4 Å². The van der Waals surface area contributed by atoms with E-state index in [9.17, 15) is 4.79 Å². The fourth-order valence-electron chi connectivity index (χ4n) is 3.44. The summed E-state index contributed by atoms with van der Waals surface area (Å²) in [6.45, 7) is 4.04. The van der Waals surface area contributed by atoms with Gasteiger partial charge in [0.15, 0.2) is 5.78 Å². The molecule has 3 N–H and O–H groups in total. The van der Waals surface area contributed by atoms with Gasteiger partial charge < -0.3 is 16.0 Å². The Hall–Kier alpha value is -2.33. The van der Waals surface area contributed by atoms with E-state index < -0.39 is 0 Å². The number of carbonyl (C=O) groups excluding carboxylic acids is 1. The Morgan fingerprint density at radius 2 is 1.91 bits per heavy atom. The van der Waals surface area contributed by atoms with Gasteiger partial charge in [0.25, 0.3) is 0 Å². The number of nitrogen functional groups attached to an aromatic ring is 1. The lowest BCUT2D eigenvalue weighted by molar-refractivity contribution is 0.104. The summed E-state index contributed by atoms with van der Waals surface area (Å²) in [6.07, 6.45) is 1.12. The second-order valence-electron chi connectivity index (χ2n) is 5.92. The molecule has 0 radical (unpaired) electrons. The summed E-state index contributed by atoms with van der Waals surface area (Å²) in [6, 6.07) is 11.9. The molecule has 22 heavy (non-hydrogen) atoms. The molecule has 4 nitrogen and oxygen atoms in total. The summed E-state index contributed by atoms with van der Waals surface area (Å²) in [5.74, 6) is 0.0536. The molecule has 112 valence electrons. The van der Waals surface area contributed by atoms with Gasteiger partial charge in [-0.15, -0.1) is 0 Å². The molecule has 0 spiro atoms. The van der Waals surface area contributed by atoms with Crippen molar-refractivity contribution < 1.29 is 4.79 Å². The van der Waals surface area contributed by atoms with E-state index in [-0.39, 0.29) is 5.78 Å². The van der Waals surface area contributed by atoms with Gasteiger partial charge in [0.05, 0.1) is 5.56 Å². The van der Waals surface area contributed by atoms with Crippen LogP contribution in [0, 0.1) is 0 Å². The van der Waals surface area contributed by atoms with Gasteiger partial charge in [-0.2, -0.15) is 0 Å². The fourth-order valence-corrected chi connectivity index (χ4v) is 3.44. The topological polar surface area (TPSA) is 58.4 Å². The Morgan fingerprint density at radius 3 is 2.82 bits per heavy atom. The van der Waals surface area contributed by atoms with E-state index in [0.29, 0.717) is 11.3 Å². The zero-order chi connectivity index (χ0) is 15.1. The monoisotopic (exact) mass is 293 g/mol. The van der Waals surface area contributed by atoms with E-state index in [1.165, 1.54) is 0 Å². The Bertz CT molecular complexity index is 746. The first kappa shape index (κ1) is 13.3. The third-order valence-corrected chi connectivity index (χ3v) is 4.57. The number of hydrogen-bond donors (Lipinski definition) is 2. The molecule has 2 aromatic carbocycles. The second kappa shape index (κ2) is 5.14. The largest absolute Gasteiger partial charge is 0.398 e. The molecule has 1 heterocycles. The summed E-state index contributed by atoms with van der Waals surface area (Å²) in [7, 11) is 0. The number of nitrogens with one attached hydrogen (secondary N) is 1. The van der Waals surface area contributed by atoms with E-state index in [0.717, 1.165) is 55.0 Å². The Morgan fingerprint density at radius 1 is 1.00 bits per heavy atom. The molecule has 1 aliphatic carbocycles. The molecular formula is C18H19N3O. The lowest BCUT2D eigenvalue weighted by atomic mass is 10.0. The van der Waals surface area contributed by atoms with Crippen molar-refractivity contribution in [2.24, 2.45) is 0 Å². The molecule has 0 bridgehead atoms. The van der Waals surface area contributed by atoms with E-state index in [1.54, 1.807) is 6.07 Å². The van der Waals surface area contributed by atoms with Crippen molar-refractivity contribution in [2.45, 2.75) is 6.42 Å². The maximum absolute atomic E-state index is 12.7. The minimum Gasteiger partial charge on any atom is -0.398 e. The van der Waals surface area contributed by atoms with Gasteiger partial charge in [0.1, 0.15) is 0 Å². The van der Waals surface area contributed by atoms with Crippen molar-refractivity contribution >= 4 is 17.2 Å². The predicted molar refractivity (Wildman–Crippen MR) is 89.4 cm³/mol. The quantitative estimate of drug-likeness (QED) is 0.676. The maximum Gasteiger partial charge on any atom is 0.196 e. The Kier molecular flexibility index (Phi) is 3.12. The third kappa shape index (κ3) is 1.99. The van der Waals surface area contributed by atoms with Crippen molar-refractivity contribution in [1.29, 1.82) is 0 Å². The van der Waals surface area contributed by atoms with E-state index in [4.69, 9.17) is 5.73 Å². The second-order valence-corrected chi connectivity index (χ2v) is 5.92. The highest BCUT2D eigenvalue weighted by Gasteiger charge is 2.29. The first-order valence-electron chi connectivity index (χ1n) is 7.79. The number of benzene rings is 2. The number of nitrogens with two attached hydrogens (primary N) is 1.